The van der Waals surface area contributed by atoms with E-state index in [1.165, 1.54) is 10.4 Å². The molecule has 116 valence electrons. The number of nitrogens with two attached hydrogens (primary N) is 1. The molecular formula is C16H25N3OS. The summed E-state index contributed by atoms with van der Waals surface area (Å²) in [6, 6.07) is 2.99. The third kappa shape index (κ3) is 3.00. The predicted octanol–water partition coefficient (Wildman–Crippen LogP) is 2.05. The minimum absolute atomic E-state index is 0.122. The molecule has 4 nitrogen and oxygen atoms in total. The number of nitrogens with one attached hydrogen (secondary N) is 1. The lowest BCUT2D eigenvalue weighted by atomic mass is 9.84. The van der Waals surface area contributed by atoms with E-state index in [-0.39, 0.29) is 11.9 Å². The first-order valence-electron chi connectivity index (χ1n) is 7.89. The fourth-order valence-electron chi connectivity index (χ4n) is 3.82. The molecule has 1 aromatic heterocycles. The summed E-state index contributed by atoms with van der Waals surface area (Å²) < 4.78 is 0. The Morgan fingerprint density at radius 1 is 1.48 bits per heavy atom. The summed E-state index contributed by atoms with van der Waals surface area (Å²) in [5, 5.41) is 5.32. The summed E-state index contributed by atoms with van der Waals surface area (Å²) in [4.78, 5) is 15.5. The molecule has 3 N–H and O–H groups in total. The maximum atomic E-state index is 11.5. The van der Waals surface area contributed by atoms with Crippen molar-refractivity contribution >= 4 is 17.2 Å². The molecule has 21 heavy (non-hydrogen) atoms. The van der Waals surface area contributed by atoms with Gasteiger partial charge in [-0.3, -0.25) is 9.69 Å². The summed E-state index contributed by atoms with van der Waals surface area (Å²) >= 11 is 1.82. The van der Waals surface area contributed by atoms with Gasteiger partial charge in [-0.2, -0.15) is 0 Å². The number of carbonyl (C=O) groups excluding carboxylic acids is 1. The van der Waals surface area contributed by atoms with Gasteiger partial charge >= 0.3 is 0 Å². The number of hydrogen-bond donors (Lipinski definition) is 2. The van der Waals surface area contributed by atoms with Crippen molar-refractivity contribution < 1.29 is 4.79 Å². The van der Waals surface area contributed by atoms with Crippen LogP contribution < -0.4 is 11.1 Å². The summed E-state index contributed by atoms with van der Waals surface area (Å²) in [7, 11) is 0. The molecule has 2 aliphatic rings. The Morgan fingerprint density at radius 2 is 2.29 bits per heavy atom. The molecular weight excluding hydrogens is 282 g/mol. The molecule has 4 unspecified atom stereocenters. The van der Waals surface area contributed by atoms with Crippen LogP contribution in [-0.4, -0.2) is 36.0 Å². The molecule has 3 heterocycles. The van der Waals surface area contributed by atoms with Gasteiger partial charge < -0.3 is 11.1 Å². The number of aryl methyl sites for hydroxylation is 1. The van der Waals surface area contributed by atoms with Crippen molar-refractivity contribution in [2.45, 2.75) is 51.2 Å². The van der Waals surface area contributed by atoms with Crippen LogP contribution in [0.2, 0.25) is 0 Å². The van der Waals surface area contributed by atoms with E-state index in [0.717, 1.165) is 25.9 Å². The first-order valence-corrected chi connectivity index (χ1v) is 8.77. The average Bonchev–Trinajstić information content (AvgIpc) is 2.85. The van der Waals surface area contributed by atoms with Crippen molar-refractivity contribution in [2.24, 2.45) is 11.7 Å². The number of fused-ring (bicyclic) bond motifs is 1. The molecule has 0 saturated carbocycles. The van der Waals surface area contributed by atoms with Gasteiger partial charge in [-0.25, -0.2) is 0 Å². The normalized spacial score (nSPS) is 29.6. The zero-order valence-corrected chi connectivity index (χ0v) is 13.7. The van der Waals surface area contributed by atoms with E-state index >= 15 is 0 Å². The summed E-state index contributed by atoms with van der Waals surface area (Å²) in [5.74, 6) is 0.806. The topological polar surface area (TPSA) is 58.4 Å². The van der Waals surface area contributed by atoms with Crippen molar-refractivity contribution in [1.29, 1.82) is 0 Å². The lowest BCUT2D eigenvalue weighted by Gasteiger charge is -2.45. The quantitative estimate of drug-likeness (QED) is 0.898. The number of hydrogen-bond acceptors (Lipinski definition) is 4. The van der Waals surface area contributed by atoms with Gasteiger partial charge in [-0.05, 0) is 49.6 Å². The monoisotopic (exact) mass is 307 g/mol. The molecule has 0 bridgehead atoms. The van der Waals surface area contributed by atoms with E-state index in [1.807, 2.05) is 11.3 Å². The van der Waals surface area contributed by atoms with Crippen molar-refractivity contribution in [2.75, 3.05) is 13.1 Å². The Hall–Kier alpha value is -0.910. The molecule has 0 aromatic carbocycles. The smallest absolute Gasteiger partial charge is 0.220 e. The highest BCUT2D eigenvalue weighted by molar-refractivity contribution is 7.10. The molecule has 2 saturated heterocycles. The van der Waals surface area contributed by atoms with E-state index in [9.17, 15) is 4.79 Å². The van der Waals surface area contributed by atoms with Gasteiger partial charge in [0.25, 0.3) is 0 Å². The summed E-state index contributed by atoms with van der Waals surface area (Å²) in [6.07, 6.45) is 2.74. The van der Waals surface area contributed by atoms with Crippen LogP contribution in [0.1, 0.15) is 42.7 Å². The number of nitrogens with zero attached hydrogens (tertiary/aromatic N) is 1. The fraction of sp³-hybridized carbons (Fsp3) is 0.688. The van der Waals surface area contributed by atoms with Crippen LogP contribution in [0.25, 0.3) is 0 Å². The standard InChI is InChI=1S/C16H25N3OS/c1-10-6-8-21-16(10)15(11(2)17)19-7-5-13-12(9-19)3-4-14(20)18-13/h6,8,11-13,15H,3-5,7,9,17H2,1-2H3,(H,18,20). The second-order valence-corrected chi connectivity index (χ2v) is 7.48. The van der Waals surface area contributed by atoms with Gasteiger partial charge in [0.1, 0.15) is 0 Å². The van der Waals surface area contributed by atoms with Crippen LogP contribution >= 0.6 is 11.3 Å². The predicted molar refractivity (Wildman–Crippen MR) is 86.3 cm³/mol. The van der Waals surface area contributed by atoms with Crippen LogP contribution in [0.4, 0.5) is 0 Å². The van der Waals surface area contributed by atoms with Crippen LogP contribution in [0.15, 0.2) is 11.4 Å². The second-order valence-electron chi connectivity index (χ2n) is 6.53. The lowest BCUT2D eigenvalue weighted by molar-refractivity contribution is -0.125. The van der Waals surface area contributed by atoms with Crippen LogP contribution in [-0.2, 0) is 4.79 Å². The van der Waals surface area contributed by atoms with Crippen molar-refractivity contribution in [3.63, 3.8) is 0 Å². The number of rotatable bonds is 3. The van der Waals surface area contributed by atoms with Crippen LogP contribution in [0.3, 0.4) is 0 Å². The largest absolute Gasteiger partial charge is 0.353 e. The van der Waals surface area contributed by atoms with E-state index < -0.39 is 0 Å². The fourth-order valence-corrected chi connectivity index (χ4v) is 4.99. The van der Waals surface area contributed by atoms with Crippen LogP contribution in [0, 0.1) is 12.8 Å². The molecule has 0 spiro atoms. The minimum Gasteiger partial charge on any atom is -0.353 e. The minimum atomic E-state index is 0.122. The van der Waals surface area contributed by atoms with Crippen LogP contribution in [0.5, 0.6) is 0 Å². The molecule has 0 aliphatic carbocycles. The third-order valence-corrected chi connectivity index (χ3v) is 6.01. The Labute approximate surface area is 130 Å². The van der Waals surface area contributed by atoms with Gasteiger partial charge in [0, 0.05) is 36.5 Å². The maximum absolute atomic E-state index is 11.5. The van der Waals surface area contributed by atoms with Gasteiger partial charge in [0.05, 0.1) is 6.04 Å². The third-order valence-electron chi connectivity index (χ3n) is 4.92. The highest BCUT2D eigenvalue weighted by Gasteiger charge is 2.37. The van der Waals surface area contributed by atoms with Gasteiger partial charge in [0.15, 0.2) is 0 Å². The molecule has 3 rings (SSSR count). The summed E-state index contributed by atoms with van der Waals surface area (Å²) in [6.45, 7) is 6.35. The molecule has 1 amide bonds. The highest BCUT2D eigenvalue weighted by Crippen LogP contribution is 2.35. The number of amides is 1. The average molecular weight is 307 g/mol. The van der Waals surface area contributed by atoms with Crippen molar-refractivity contribution in [1.82, 2.24) is 10.2 Å². The Bertz CT molecular complexity index is 513. The zero-order chi connectivity index (χ0) is 15.0. The van der Waals surface area contributed by atoms with Gasteiger partial charge in [-0.1, -0.05) is 0 Å². The Morgan fingerprint density at radius 3 is 2.95 bits per heavy atom. The molecule has 5 heteroatoms. The SMILES string of the molecule is Cc1ccsc1C(C(C)N)N1CCC2NC(=O)CCC2C1. The van der Waals surface area contributed by atoms with E-state index in [0.29, 0.717) is 24.4 Å². The van der Waals surface area contributed by atoms with Crippen molar-refractivity contribution in [3.05, 3.63) is 21.9 Å². The number of likely N-dealkylation sites (tertiary alicyclic amines) is 1. The number of carbonyl (C=O) groups is 1. The lowest BCUT2D eigenvalue weighted by Crippen LogP contribution is -2.55. The highest BCUT2D eigenvalue weighted by atomic mass is 32.1. The second kappa shape index (κ2) is 6.07. The van der Waals surface area contributed by atoms with E-state index in [4.69, 9.17) is 5.73 Å². The van der Waals surface area contributed by atoms with E-state index in [2.05, 4.69) is 35.5 Å². The zero-order valence-electron chi connectivity index (χ0n) is 12.8. The molecule has 1 aromatic rings. The number of thiophene rings is 1. The van der Waals surface area contributed by atoms with Crippen molar-refractivity contribution in [3.8, 4) is 0 Å². The van der Waals surface area contributed by atoms with E-state index in [1.54, 1.807) is 0 Å². The van der Waals surface area contributed by atoms with Gasteiger partial charge in [-0.15, -0.1) is 11.3 Å². The Balaban J connectivity index is 1.76. The maximum Gasteiger partial charge on any atom is 0.220 e. The first kappa shape index (κ1) is 15.0. The molecule has 2 fully saturated rings. The molecule has 4 atom stereocenters. The van der Waals surface area contributed by atoms with Gasteiger partial charge in [0.2, 0.25) is 5.91 Å². The Kier molecular flexibility index (Phi) is 4.33. The molecule has 2 aliphatic heterocycles. The first-order chi connectivity index (χ1) is 10.1. The summed E-state index contributed by atoms with van der Waals surface area (Å²) in [5.41, 5.74) is 7.66. The molecule has 0 radical (unpaired) electrons. The number of piperidine rings is 2.